The fourth-order valence-electron chi connectivity index (χ4n) is 1.30. The van der Waals surface area contributed by atoms with Crippen molar-refractivity contribution in [2.24, 2.45) is 0 Å². The molecule has 0 unspecified atom stereocenters. The maximum atomic E-state index is 11.6. The number of hydrogen-bond donors (Lipinski definition) is 1. The molecule has 1 rings (SSSR count). The number of anilines is 1. The number of aromatic nitrogens is 1. The van der Waals surface area contributed by atoms with Crippen LogP contribution in [0.2, 0.25) is 0 Å². The molecule has 0 bridgehead atoms. The summed E-state index contributed by atoms with van der Waals surface area (Å²) in [5, 5.41) is 10.9. The van der Waals surface area contributed by atoms with E-state index in [1.807, 2.05) is 13.0 Å². The van der Waals surface area contributed by atoms with Crippen molar-refractivity contribution >= 4 is 17.5 Å². The van der Waals surface area contributed by atoms with Gasteiger partial charge < -0.3 is 10.2 Å². The van der Waals surface area contributed by atoms with Crippen molar-refractivity contribution in [1.82, 2.24) is 9.88 Å². The van der Waals surface area contributed by atoms with Gasteiger partial charge in [0, 0.05) is 19.8 Å². The lowest BCUT2D eigenvalue weighted by molar-refractivity contribution is -0.142. The third-order valence-electron chi connectivity index (χ3n) is 2.23. The normalized spacial score (nSPS) is 9.39. The Balaban J connectivity index is 2.60. The average Bonchev–Trinajstić information content (AvgIpc) is 2.35. The molecular formula is C12H14N4O2. The minimum atomic E-state index is -0.733. The zero-order chi connectivity index (χ0) is 13.5. The third-order valence-corrected chi connectivity index (χ3v) is 2.23. The third kappa shape index (κ3) is 3.87. The number of nitrogens with zero attached hydrogens (tertiary/aromatic N) is 3. The Morgan fingerprint density at radius 1 is 1.50 bits per heavy atom. The van der Waals surface area contributed by atoms with E-state index in [4.69, 9.17) is 5.26 Å². The van der Waals surface area contributed by atoms with E-state index in [0.29, 0.717) is 5.69 Å². The van der Waals surface area contributed by atoms with Crippen LogP contribution in [0.1, 0.15) is 12.0 Å². The second-order valence-electron chi connectivity index (χ2n) is 3.84. The van der Waals surface area contributed by atoms with Gasteiger partial charge in [0.25, 0.3) is 0 Å². The predicted molar refractivity (Wildman–Crippen MR) is 65.5 cm³/mol. The molecule has 1 aromatic rings. The van der Waals surface area contributed by atoms with Gasteiger partial charge in [-0.05, 0) is 18.6 Å². The van der Waals surface area contributed by atoms with Crippen LogP contribution in [0.5, 0.6) is 0 Å². The highest BCUT2D eigenvalue weighted by atomic mass is 16.2. The molecule has 1 aromatic heterocycles. The summed E-state index contributed by atoms with van der Waals surface area (Å²) in [5.74, 6) is -1.41. The summed E-state index contributed by atoms with van der Waals surface area (Å²) >= 11 is 0. The lowest BCUT2D eigenvalue weighted by Gasteiger charge is -2.14. The van der Waals surface area contributed by atoms with E-state index in [0.717, 1.165) is 5.56 Å². The lowest BCUT2D eigenvalue weighted by Crippen LogP contribution is -2.37. The highest BCUT2D eigenvalue weighted by Gasteiger charge is 2.18. The summed E-state index contributed by atoms with van der Waals surface area (Å²) < 4.78 is 0. The second-order valence-corrected chi connectivity index (χ2v) is 3.84. The quantitative estimate of drug-likeness (QED) is 0.795. The zero-order valence-electron chi connectivity index (χ0n) is 10.3. The molecule has 1 N–H and O–H groups in total. The van der Waals surface area contributed by atoms with Crippen LogP contribution in [0, 0.1) is 18.3 Å². The molecule has 0 aliphatic heterocycles. The molecule has 1 heterocycles. The van der Waals surface area contributed by atoms with E-state index >= 15 is 0 Å². The molecule has 0 fully saturated rings. The summed E-state index contributed by atoms with van der Waals surface area (Å²) in [6, 6.07) is 3.63. The van der Waals surface area contributed by atoms with E-state index in [9.17, 15) is 9.59 Å². The largest absolute Gasteiger partial charge is 0.336 e. The summed E-state index contributed by atoms with van der Waals surface area (Å²) in [6.07, 6.45) is 3.31. The van der Waals surface area contributed by atoms with Gasteiger partial charge in [-0.15, -0.1) is 0 Å². The van der Waals surface area contributed by atoms with Crippen LogP contribution in [0.4, 0.5) is 5.69 Å². The molecular weight excluding hydrogens is 232 g/mol. The minimum Gasteiger partial charge on any atom is -0.336 e. The number of likely N-dealkylation sites (N-methyl/N-ethyl adjacent to an activating group) is 1. The zero-order valence-corrected chi connectivity index (χ0v) is 10.3. The monoisotopic (exact) mass is 246 g/mol. The van der Waals surface area contributed by atoms with Crippen molar-refractivity contribution in [2.45, 2.75) is 13.3 Å². The number of pyridine rings is 1. The van der Waals surface area contributed by atoms with E-state index in [2.05, 4.69) is 10.3 Å². The van der Waals surface area contributed by atoms with Gasteiger partial charge in [0.15, 0.2) is 0 Å². The Bertz CT molecular complexity index is 493. The molecule has 0 saturated carbocycles. The smallest absolute Gasteiger partial charge is 0.313 e. The van der Waals surface area contributed by atoms with Crippen LogP contribution in [0.25, 0.3) is 0 Å². The first-order valence-electron chi connectivity index (χ1n) is 5.39. The summed E-state index contributed by atoms with van der Waals surface area (Å²) in [5.41, 5.74) is 1.36. The molecule has 0 aliphatic carbocycles. The van der Waals surface area contributed by atoms with Gasteiger partial charge >= 0.3 is 11.8 Å². The fraction of sp³-hybridized carbons (Fsp3) is 0.333. The van der Waals surface area contributed by atoms with Crippen molar-refractivity contribution in [3.05, 3.63) is 24.0 Å². The number of nitrogens with one attached hydrogen (secondary N) is 1. The first-order chi connectivity index (χ1) is 8.54. The van der Waals surface area contributed by atoms with E-state index < -0.39 is 11.8 Å². The number of hydrogen-bond acceptors (Lipinski definition) is 4. The second kappa shape index (κ2) is 6.35. The predicted octanol–water partition coefficient (Wildman–Crippen LogP) is 0.701. The Morgan fingerprint density at radius 3 is 2.83 bits per heavy atom. The number of aryl methyl sites for hydroxylation is 1. The van der Waals surface area contributed by atoms with Crippen molar-refractivity contribution in [3.8, 4) is 6.07 Å². The van der Waals surface area contributed by atoms with Gasteiger partial charge in [-0.25, -0.2) is 0 Å². The standard InChI is InChI=1S/C12H14N4O2/c1-9-6-10(8-14-7-9)15-11(17)12(18)16(2)5-3-4-13/h6-8H,3,5H2,1-2H3,(H,15,17). The number of carbonyl (C=O) groups excluding carboxylic acids is 2. The van der Waals surface area contributed by atoms with Gasteiger partial charge in [0.1, 0.15) is 0 Å². The lowest BCUT2D eigenvalue weighted by atomic mass is 10.3. The van der Waals surface area contributed by atoms with E-state index in [1.54, 1.807) is 12.3 Å². The average molecular weight is 246 g/mol. The van der Waals surface area contributed by atoms with Crippen molar-refractivity contribution in [3.63, 3.8) is 0 Å². The van der Waals surface area contributed by atoms with Crippen LogP contribution in [0.3, 0.4) is 0 Å². The van der Waals surface area contributed by atoms with Crippen LogP contribution < -0.4 is 5.32 Å². The molecule has 0 radical (unpaired) electrons. The molecule has 6 nitrogen and oxygen atoms in total. The highest BCUT2D eigenvalue weighted by Crippen LogP contribution is 2.07. The van der Waals surface area contributed by atoms with Gasteiger partial charge in [0.05, 0.1) is 24.4 Å². The van der Waals surface area contributed by atoms with Crippen LogP contribution in [-0.4, -0.2) is 35.3 Å². The van der Waals surface area contributed by atoms with Crippen LogP contribution in [-0.2, 0) is 9.59 Å². The maximum absolute atomic E-state index is 11.6. The summed E-state index contributed by atoms with van der Waals surface area (Å²) in [7, 11) is 1.48. The molecule has 0 aromatic carbocycles. The van der Waals surface area contributed by atoms with E-state index in [1.165, 1.54) is 18.1 Å². The Labute approximate surface area is 105 Å². The number of carbonyl (C=O) groups is 2. The molecule has 94 valence electrons. The Kier molecular flexibility index (Phi) is 4.81. The molecule has 6 heteroatoms. The van der Waals surface area contributed by atoms with Crippen molar-refractivity contribution < 1.29 is 9.59 Å². The topological polar surface area (TPSA) is 86.1 Å². The van der Waals surface area contributed by atoms with Crippen molar-refractivity contribution in [2.75, 3.05) is 18.9 Å². The molecule has 0 aliphatic rings. The molecule has 0 spiro atoms. The minimum absolute atomic E-state index is 0.196. The number of nitriles is 1. The first kappa shape index (κ1) is 13.6. The van der Waals surface area contributed by atoms with Gasteiger partial charge in [-0.2, -0.15) is 5.26 Å². The molecule has 0 atom stereocenters. The summed E-state index contributed by atoms with van der Waals surface area (Å²) in [6.45, 7) is 2.07. The fourth-order valence-corrected chi connectivity index (χ4v) is 1.30. The number of rotatable bonds is 3. The van der Waals surface area contributed by atoms with Gasteiger partial charge in [-0.3, -0.25) is 14.6 Å². The highest BCUT2D eigenvalue weighted by molar-refractivity contribution is 6.39. The van der Waals surface area contributed by atoms with Crippen LogP contribution >= 0.6 is 0 Å². The maximum Gasteiger partial charge on any atom is 0.313 e. The van der Waals surface area contributed by atoms with Gasteiger partial charge in [-0.1, -0.05) is 0 Å². The molecule has 2 amide bonds. The van der Waals surface area contributed by atoms with E-state index in [-0.39, 0.29) is 13.0 Å². The van der Waals surface area contributed by atoms with Gasteiger partial charge in [0.2, 0.25) is 0 Å². The number of amides is 2. The summed E-state index contributed by atoms with van der Waals surface area (Å²) in [4.78, 5) is 28.4. The molecule has 0 saturated heterocycles. The first-order valence-corrected chi connectivity index (χ1v) is 5.39. The molecule has 18 heavy (non-hydrogen) atoms. The SMILES string of the molecule is Cc1cncc(NC(=O)C(=O)N(C)CCC#N)c1. The van der Waals surface area contributed by atoms with Crippen LogP contribution in [0.15, 0.2) is 18.5 Å². The Hall–Kier alpha value is -2.42. The van der Waals surface area contributed by atoms with Crippen molar-refractivity contribution in [1.29, 1.82) is 5.26 Å². The Morgan fingerprint density at radius 2 is 2.22 bits per heavy atom.